The lowest BCUT2D eigenvalue weighted by molar-refractivity contribution is -0.117. The first kappa shape index (κ1) is 20.0. The van der Waals surface area contributed by atoms with Crippen LogP contribution in [0, 0.1) is 0 Å². The summed E-state index contributed by atoms with van der Waals surface area (Å²) in [6, 6.07) is 18.6. The van der Waals surface area contributed by atoms with Gasteiger partial charge in [0.2, 0.25) is 9.84 Å². The van der Waals surface area contributed by atoms with Gasteiger partial charge in [-0.1, -0.05) is 41.9 Å². The van der Waals surface area contributed by atoms with E-state index in [1.807, 2.05) is 0 Å². The van der Waals surface area contributed by atoms with Gasteiger partial charge in [-0.2, -0.15) is 0 Å². The molecule has 1 heterocycles. The van der Waals surface area contributed by atoms with E-state index < -0.39 is 32.5 Å². The molecule has 0 aliphatic carbocycles. The highest BCUT2D eigenvalue weighted by Gasteiger charge is 2.47. The number of aliphatic hydroxyl groups is 1. The van der Waals surface area contributed by atoms with Gasteiger partial charge in [-0.25, -0.2) is 8.42 Å². The van der Waals surface area contributed by atoms with Crippen molar-refractivity contribution in [2.24, 2.45) is 0 Å². The average Bonchev–Trinajstić information content (AvgIpc) is 3.01. The van der Waals surface area contributed by atoms with Crippen molar-refractivity contribution in [2.45, 2.75) is 10.9 Å². The summed E-state index contributed by atoms with van der Waals surface area (Å²) in [5, 5.41) is 20.8. The summed E-state index contributed by atoms with van der Waals surface area (Å²) < 4.78 is 26.8. The number of nitrogens with zero attached hydrogens (tertiary/aromatic N) is 1. The number of phenolic OH excluding ortho intramolecular Hbond substituents is 1. The Labute approximate surface area is 178 Å². The summed E-state index contributed by atoms with van der Waals surface area (Å²) in [7, 11) is -4.20. The van der Waals surface area contributed by atoms with E-state index in [1.165, 1.54) is 41.3 Å². The minimum atomic E-state index is -4.20. The van der Waals surface area contributed by atoms with Crippen molar-refractivity contribution < 1.29 is 23.4 Å². The fourth-order valence-corrected chi connectivity index (χ4v) is 5.18. The highest BCUT2D eigenvalue weighted by molar-refractivity contribution is 7.95. The van der Waals surface area contributed by atoms with Crippen molar-refractivity contribution in [3.05, 3.63) is 100 Å². The van der Waals surface area contributed by atoms with Gasteiger partial charge >= 0.3 is 0 Å². The third-order valence-corrected chi connectivity index (χ3v) is 6.96. The van der Waals surface area contributed by atoms with Crippen LogP contribution in [-0.2, 0) is 14.6 Å². The maximum absolute atomic E-state index is 13.4. The molecule has 3 aromatic rings. The third kappa shape index (κ3) is 3.32. The Hall–Kier alpha value is -3.29. The van der Waals surface area contributed by atoms with Crippen LogP contribution < -0.4 is 4.90 Å². The number of anilines is 1. The highest BCUT2D eigenvalue weighted by atomic mass is 35.5. The second-order valence-corrected chi connectivity index (χ2v) is 9.03. The van der Waals surface area contributed by atoms with E-state index in [0.717, 1.165) is 0 Å². The Kier molecular flexibility index (Phi) is 5.01. The topological polar surface area (TPSA) is 94.9 Å². The molecule has 0 saturated heterocycles. The second-order valence-electron chi connectivity index (χ2n) is 6.67. The van der Waals surface area contributed by atoms with Gasteiger partial charge in [0.25, 0.3) is 5.91 Å². The van der Waals surface area contributed by atoms with Gasteiger partial charge in [0, 0.05) is 10.7 Å². The minimum Gasteiger partial charge on any atom is -0.508 e. The van der Waals surface area contributed by atoms with Gasteiger partial charge in [0.1, 0.15) is 16.7 Å². The smallest absolute Gasteiger partial charge is 0.295 e. The van der Waals surface area contributed by atoms with Gasteiger partial charge in [0.15, 0.2) is 5.76 Å². The summed E-state index contributed by atoms with van der Waals surface area (Å²) >= 11 is 5.95. The molecule has 30 heavy (non-hydrogen) atoms. The molecule has 1 aliphatic rings. The number of rotatable bonds is 4. The van der Waals surface area contributed by atoms with Crippen LogP contribution in [0.1, 0.15) is 11.6 Å². The largest absolute Gasteiger partial charge is 0.508 e. The molecule has 0 saturated carbocycles. The Balaban J connectivity index is 1.94. The Morgan fingerprint density at radius 2 is 1.43 bits per heavy atom. The molecule has 0 aromatic heterocycles. The van der Waals surface area contributed by atoms with Crippen molar-refractivity contribution in [3.8, 4) is 5.75 Å². The van der Waals surface area contributed by atoms with E-state index >= 15 is 0 Å². The predicted molar refractivity (Wildman–Crippen MR) is 113 cm³/mol. The summed E-state index contributed by atoms with van der Waals surface area (Å²) in [5.74, 6) is -1.70. The van der Waals surface area contributed by atoms with E-state index in [2.05, 4.69) is 0 Å². The maximum atomic E-state index is 13.4. The zero-order valence-electron chi connectivity index (χ0n) is 15.4. The van der Waals surface area contributed by atoms with Crippen molar-refractivity contribution in [1.82, 2.24) is 0 Å². The van der Waals surface area contributed by atoms with Crippen LogP contribution in [0.15, 0.2) is 94.4 Å². The van der Waals surface area contributed by atoms with Gasteiger partial charge in [0.05, 0.1) is 4.90 Å². The van der Waals surface area contributed by atoms with Gasteiger partial charge < -0.3 is 10.2 Å². The van der Waals surface area contributed by atoms with Gasteiger partial charge in [-0.3, -0.25) is 9.69 Å². The van der Waals surface area contributed by atoms with Crippen molar-refractivity contribution in [3.63, 3.8) is 0 Å². The van der Waals surface area contributed by atoms with Crippen LogP contribution in [-0.4, -0.2) is 24.5 Å². The van der Waals surface area contributed by atoms with E-state index in [1.54, 1.807) is 42.5 Å². The number of carbonyl (C=O) groups excluding carboxylic acids is 1. The average molecular weight is 442 g/mol. The molecule has 152 valence electrons. The number of carbonyl (C=O) groups is 1. The quantitative estimate of drug-likeness (QED) is 0.626. The number of amides is 1. The van der Waals surface area contributed by atoms with E-state index in [0.29, 0.717) is 16.3 Å². The molecule has 3 aromatic carbocycles. The summed E-state index contributed by atoms with van der Waals surface area (Å²) in [5.41, 5.74) is 0.780. The zero-order valence-corrected chi connectivity index (χ0v) is 17.0. The van der Waals surface area contributed by atoms with Crippen LogP contribution in [0.5, 0.6) is 5.75 Å². The van der Waals surface area contributed by atoms with Gasteiger partial charge in [-0.05, 0) is 54.1 Å². The molecule has 2 N–H and O–H groups in total. The second kappa shape index (κ2) is 7.51. The SMILES string of the molecule is O=C1C(O)=C(S(=O)(=O)c2ccccc2)C(c2ccc(O)cc2)N1c1ccc(Cl)cc1. The van der Waals surface area contributed by atoms with Crippen LogP contribution in [0.25, 0.3) is 0 Å². The van der Waals surface area contributed by atoms with E-state index in [9.17, 15) is 23.4 Å². The molecule has 1 atom stereocenters. The number of sulfone groups is 1. The minimum absolute atomic E-state index is 0.0122. The number of aromatic hydroxyl groups is 1. The standard InChI is InChI=1S/C22H16ClNO5S/c23-15-8-10-16(11-9-15)24-19(14-6-12-17(25)13-7-14)21(20(26)22(24)27)30(28,29)18-4-2-1-3-5-18/h1-13,19,25-26H. The van der Waals surface area contributed by atoms with Crippen LogP contribution in [0.4, 0.5) is 5.69 Å². The maximum Gasteiger partial charge on any atom is 0.295 e. The fourth-order valence-electron chi connectivity index (χ4n) is 3.41. The lowest BCUT2D eigenvalue weighted by Gasteiger charge is -2.27. The number of hydrogen-bond acceptors (Lipinski definition) is 5. The molecule has 0 bridgehead atoms. The monoisotopic (exact) mass is 441 g/mol. The molecule has 0 radical (unpaired) electrons. The van der Waals surface area contributed by atoms with Crippen LogP contribution in [0.2, 0.25) is 5.02 Å². The molecule has 8 heteroatoms. The normalized spacial score (nSPS) is 16.9. The van der Waals surface area contributed by atoms with Crippen LogP contribution >= 0.6 is 11.6 Å². The van der Waals surface area contributed by atoms with Crippen molar-refractivity contribution in [1.29, 1.82) is 0 Å². The van der Waals surface area contributed by atoms with Gasteiger partial charge in [-0.15, -0.1) is 0 Å². The van der Waals surface area contributed by atoms with E-state index in [-0.39, 0.29) is 10.6 Å². The molecule has 6 nitrogen and oxygen atoms in total. The van der Waals surface area contributed by atoms with E-state index in [4.69, 9.17) is 11.6 Å². The molecule has 4 rings (SSSR count). The Morgan fingerprint density at radius 1 is 0.833 bits per heavy atom. The Bertz CT molecular complexity index is 1240. The summed E-state index contributed by atoms with van der Waals surface area (Å²) in [4.78, 5) is 13.7. The van der Waals surface area contributed by atoms with Crippen molar-refractivity contribution in [2.75, 3.05) is 4.90 Å². The lowest BCUT2D eigenvalue weighted by atomic mass is 10.1. The number of aliphatic hydroxyl groups excluding tert-OH is 1. The Morgan fingerprint density at radius 3 is 2.03 bits per heavy atom. The van der Waals surface area contributed by atoms with Crippen LogP contribution in [0.3, 0.4) is 0 Å². The lowest BCUT2D eigenvalue weighted by Crippen LogP contribution is -2.31. The zero-order chi connectivity index (χ0) is 21.5. The molecular formula is C22H16ClNO5S. The number of benzene rings is 3. The molecule has 0 fully saturated rings. The third-order valence-electron chi connectivity index (χ3n) is 4.82. The first-order valence-electron chi connectivity index (χ1n) is 8.92. The highest BCUT2D eigenvalue weighted by Crippen LogP contribution is 2.45. The number of phenols is 1. The first-order valence-corrected chi connectivity index (χ1v) is 10.8. The molecule has 1 amide bonds. The molecule has 1 aliphatic heterocycles. The molecular weight excluding hydrogens is 426 g/mol. The number of hydrogen-bond donors (Lipinski definition) is 2. The fraction of sp³-hybridized carbons (Fsp3) is 0.0455. The predicted octanol–water partition coefficient (Wildman–Crippen LogP) is 4.38. The molecule has 1 unspecified atom stereocenters. The summed E-state index contributed by atoms with van der Waals surface area (Å²) in [6.07, 6.45) is 0. The first-order chi connectivity index (χ1) is 14.3. The molecule has 0 spiro atoms. The summed E-state index contributed by atoms with van der Waals surface area (Å²) in [6.45, 7) is 0. The number of halogens is 1. The van der Waals surface area contributed by atoms with Crippen molar-refractivity contribution >= 4 is 33.0 Å².